The number of amides is 1. The molecule has 0 bridgehead atoms. The second-order valence-electron chi connectivity index (χ2n) is 5.64. The molecule has 0 radical (unpaired) electrons. The van der Waals surface area contributed by atoms with Gasteiger partial charge in [0.2, 0.25) is 5.12 Å². The fourth-order valence-electron chi connectivity index (χ4n) is 2.98. The van der Waals surface area contributed by atoms with Crippen LogP contribution < -0.4 is 0 Å². The Kier molecular flexibility index (Phi) is 3.19. The number of hydrogen-bond donors (Lipinski definition) is 3. The average Bonchev–Trinajstić information content (AvgIpc) is 2.36. The molecule has 1 aromatic carbocycles. The molecule has 20 heavy (non-hydrogen) atoms. The molecule has 1 aliphatic heterocycles. The van der Waals surface area contributed by atoms with Crippen LogP contribution in [0.25, 0.3) is 0 Å². The molecule has 1 spiro atoms. The van der Waals surface area contributed by atoms with E-state index in [2.05, 4.69) is 0 Å². The summed E-state index contributed by atoms with van der Waals surface area (Å²) >= 11 is 1.12. The van der Waals surface area contributed by atoms with Gasteiger partial charge in [0.1, 0.15) is 0 Å². The quantitative estimate of drug-likeness (QED) is 0.740. The molecule has 1 saturated heterocycles. The lowest BCUT2D eigenvalue weighted by Crippen LogP contribution is -2.67. The van der Waals surface area contributed by atoms with Gasteiger partial charge in [-0.3, -0.25) is 0 Å². The number of rotatable bonds is 3. The molecule has 3 rings (SSSR count). The lowest BCUT2D eigenvalue weighted by molar-refractivity contribution is -0.220. The molecule has 1 saturated carbocycles. The minimum absolute atomic E-state index is 0.132. The van der Waals surface area contributed by atoms with Crippen LogP contribution >= 0.6 is 11.8 Å². The standard InChI is InChI=1S/C14H17NO4S/c16-12(17)15(8-10-4-2-1-3-5-10)11-6-13(7-11)9-20-14(13,18)19/h1-5,11,18-19H,6-9H2,(H,16,17). The zero-order valence-electron chi connectivity index (χ0n) is 10.9. The van der Waals surface area contributed by atoms with Gasteiger partial charge in [-0.15, -0.1) is 0 Å². The highest BCUT2D eigenvalue weighted by Gasteiger charge is 2.66. The van der Waals surface area contributed by atoms with Crippen LogP contribution in [0.5, 0.6) is 0 Å². The molecule has 2 aliphatic rings. The van der Waals surface area contributed by atoms with Crippen molar-refractivity contribution in [3.8, 4) is 0 Å². The zero-order valence-corrected chi connectivity index (χ0v) is 11.7. The number of aliphatic hydroxyl groups is 2. The van der Waals surface area contributed by atoms with E-state index in [-0.39, 0.29) is 6.04 Å². The smallest absolute Gasteiger partial charge is 0.407 e. The summed E-state index contributed by atoms with van der Waals surface area (Å²) in [6, 6.07) is 9.31. The topological polar surface area (TPSA) is 81.0 Å². The summed E-state index contributed by atoms with van der Waals surface area (Å²) in [6.07, 6.45) is 0.0836. The molecule has 5 nitrogen and oxygen atoms in total. The van der Waals surface area contributed by atoms with Crippen molar-refractivity contribution in [2.75, 3.05) is 5.75 Å². The molecule has 1 aliphatic carbocycles. The predicted octanol–water partition coefficient (Wildman–Crippen LogP) is 1.70. The molecule has 3 N–H and O–H groups in total. The first-order valence-electron chi connectivity index (χ1n) is 6.56. The molecular formula is C14H17NO4S. The Bertz CT molecular complexity index is 513. The molecule has 0 aromatic heterocycles. The van der Waals surface area contributed by atoms with Crippen molar-refractivity contribution in [2.24, 2.45) is 5.41 Å². The Labute approximate surface area is 121 Å². The van der Waals surface area contributed by atoms with Crippen LogP contribution in [0.2, 0.25) is 0 Å². The van der Waals surface area contributed by atoms with Crippen LogP contribution in [-0.2, 0) is 6.54 Å². The minimum Gasteiger partial charge on any atom is -0.465 e. The highest BCUT2D eigenvalue weighted by atomic mass is 32.2. The molecule has 0 unspecified atom stereocenters. The van der Waals surface area contributed by atoms with Crippen molar-refractivity contribution in [2.45, 2.75) is 30.5 Å². The van der Waals surface area contributed by atoms with Crippen LogP contribution in [0.15, 0.2) is 30.3 Å². The van der Waals surface area contributed by atoms with Gasteiger partial charge < -0.3 is 20.2 Å². The van der Waals surface area contributed by atoms with Crippen molar-refractivity contribution in [1.29, 1.82) is 0 Å². The molecule has 1 amide bonds. The molecule has 1 aromatic rings. The van der Waals surface area contributed by atoms with Crippen LogP contribution in [0.1, 0.15) is 18.4 Å². The Morgan fingerprint density at radius 3 is 2.40 bits per heavy atom. The monoisotopic (exact) mass is 295 g/mol. The minimum atomic E-state index is -1.68. The highest BCUT2D eigenvalue weighted by molar-refractivity contribution is 8.01. The summed E-state index contributed by atoms with van der Waals surface area (Å²) in [5.74, 6) is 0.690. The zero-order chi connectivity index (χ0) is 14.4. The van der Waals surface area contributed by atoms with Gasteiger partial charge in [0.25, 0.3) is 0 Å². The second-order valence-corrected chi connectivity index (χ2v) is 6.78. The van der Waals surface area contributed by atoms with E-state index in [1.807, 2.05) is 30.3 Å². The number of benzene rings is 1. The van der Waals surface area contributed by atoms with Crippen molar-refractivity contribution in [3.05, 3.63) is 35.9 Å². The second kappa shape index (κ2) is 4.65. The molecular weight excluding hydrogens is 278 g/mol. The number of nitrogens with zero attached hydrogens (tertiary/aromatic N) is 1. The third-order valence-corrected chi connectivity index (χ3v) is 5.91. The maximum Gasteiger partial charge on any atom is 0.407 e. The van der Waals surface area contributed by atoms with Crippen molar-refractivity contribution < 1.29 is 20.1 Å². The summed E-state index contributed by atoms with van der Waals surface area (Å²) in [5, 5.41) is 27.2. The van der Waals surface area contributed by atoms with Gasteiger partial charge in [-0.25, -0.2) is 4.79 Å². The molecule has 1 heterocycles. The van der Waals surface area contributed by atoms with E-state index in [4.69, 9.17) is 0 Å². The van der Waals surface area contributed by atoms with E-state index in [9.17, 15) is 20.1 Å². The molecule has 6 heteroatoms. The average molecular weight is 295 g/mol. The Balaban J connectivity index is 1.67. The third kappa shape index (κ3) is 2.08. The lowest BCUT2D eigenvalue weighted by atomic mass is 9.64. The van der Waals surface area contributed by atoms with E-state index in [1.54, 1.807) is 0 Å². The number of carboxylic acid groups (broad SMARTS) is 1. The Hall–Kier alpha value is -1.24. The van der Waals surface area contributed by atoms with Gasteiger partial charge in [0.05, 0.1) is 0 Å². The number of hydrogen-bond acceptors (Lipinski definition) is 4. The third-order valence-electron chi connectivity index (χ3n) is 4.38. The Morgan fingerprint density at radius 1 is 1.30 bits per heavy atom. The maximum absolute atomic E-state index is 11.4. The number of carbonyl (C=O) groups is 1. The summed E-state index contributed by atoms with van der Waals surface area (Å²) in [4.78, 5) is 12.8. The summed E-state index contributed by atoms with van der Waals surface area (Å²) in [5.41, 5.74) is 0.435. The number of thioether (sulfide) groups is 1. The fraction of sp³-hybridized carbons (Fsp3) is 0.500. The van der Waals surface area contributed by atoms with Crippen LogP contribution in [0.4, 0.5) is 4.79 Å². The summed E-state index contributed by atoms with van der Waals surface area (Å²) in [6.45, 7) is 0.341. The first-order chi connectivity index (χ1) is 9.44. The normalized spacial score (nSPS) is 30.4. The maximum atomic E-state index is 11.4. The van der Waals surface area contributed by atoms with Crippen molar-refractivity contribution >= 4 is 17.9 Å². The van der Waals surface area contributed by atoms with Gasteiger partial charge in [-0.05, 0) is 18.4 Å². The van der Waals surface area contributed by atoms with Gasteiger partial charge >= 0.3 is 6.09 Å². The van der Waals surface area contributed by atoms with Crippen LogP contribution in [-0.4, -0.2) is 43.2 Å². The lowest BCUT2D eigenvalue weighted by Gasteiger charge is -2.61. The molecule has 0 atom stereocenters. The van der Waals surface area contributed by atoms with E-state index < -0.39 is 16.6 Å². The largest absolute Gasteiger partial charge is 0.465 e. The summed E-state index contributed by atoms with van der Waals surface area (Å²) < 4.78 is 0. The van der Waals surface area contributed by atoms with Crippen LogP contribution in [0, 0.1) is 5.41 Å². The molecule has 2 fully saturated rings. The first-order valence-corrected chi connectivity index (χ1v) is 7.54. The van der Waals surface area contributed by atoms with Gasteiger partial charge in [0, 0.05) is 23.8 Å². The van der Waals surface area contributed by atoms with E-state index in [1.165, 1.54) is 4.90 Å². The van der Waals surface area contributed by atoms with Crippen molar-refractivity contribution in [1.82, 2.24) is 4.90 Å². The van der Waals surface area contributed by atoms with Crippen molar-refractivity contribution in [3.63, 3.8) is 0 Å². The van der Waals surface area contributed by atoms with Gasteiger partial charge in [-0.2, -0.15) is 0 Å². The van der Waals surface area contributed by atoms with E-state index in [0.717, 1.165) is 17.3 Å². The Morgan fingerprint density at radius 2 is 1.95 bits per heavy atom. The fourth-order valence-corrected chi connectivity index (χ4v) is 4.20. The first kappa shape index (κ1) is 13.7. The molecule has 108 valence electrons. The van der Waals surface area contributed by atoms with Gasteiger partial charge in [-0.1, -0.05) is 42.1 Å². The highest BCUT2D eigenvalue weighted by Crippen LogP contribution is 2.63. The van der Waals surface area contributed by atoms with Crippen LogP contribution in [0.3, 0.4) is 0 Å². The summed E-state index contributed by atoms with van der Waals surface area (Å²) in [7, 11) is 0. The van der Waals surface area contributed by atoms with Gasteiger partial charge in [0.15, 0.2) is 0 Å². The van der Waals surface area contributed by atoms with E-state index >= 15 is 0 Å². The van der Waals surface area contributed by atoms with E-state index in [0.29, 0.717) is 25.1 Å². The SMILES string of the molecule is O=C(O)N(Cc1ccccc1)C1CC2(CSC2(O)O)C1. The predicted molar refractivity (Wildman–Crippen MR) is 75.1 cm³/mol.